The first-order valence-corrected chi connectivity index (χ1v) is 5.11. The van der Waals surface area contributed by atoms with Gasteiger partial charge in [0.15, 0.2) is 0 Å². The lowest BCUT2D eigenvalue weighted by Crippen LogP contribution is -2.40. The van der Waals surface area contributed by atoms with Gasteiger partial charge in [-0.05, 0) is 19.9 Å². The van der Waals surface area contributed by atoms with Crippen LogP contribution < -0.4 is 11.1 Å². The van der Waals surface area contributed by atoms with Crippen LogP contribution in [-0.2, 0) is 11.3 Å². The van der Waals surface area contributed by atoms with Crippen molar-refractivity contribution in [2.75, 3.05) is 5.73 Å². The molecule has 2 heterocycles. The Balaban J connectivity index is 2.20. The van der Waals surface area contributed by atoms with Crippen LogP contribution in [0.1, 0.15) is 19.5 Å². The summed E-state index contributed by atoms with van der Waals surface area (Å²) in [6, 6.07) is 1.19. The zero-order chi connectivity index (χ0) is 12.6. The highest BCUT2D eigenvalue weighted by Crippen LogP contribution is 2.18. The second-order valence-corrected chi connectivity index (χ2v) is 4.35. The van der Waals surface area contributed by atoms with Crippen molar-refractivity contribution >= 4 is 17.9 Å². The van der Waals surface area contributed by atoms with E-state index in [4.69, 9.17) is 5.73 Å². The smallest absolute Gasteiger partial charge is 0.325 e. The van der Waals surface area contributed by atoms with E-state index in [1.165, 1.54) is 6.20 Å². The molecule has 7 heteroatoms. The average Bonchev–Trinajstić information content (AvgIpc) is 2.41. The molecule has 0 aromatic carbocycles. The summed E-state index contributed by atoms with van der Waals surface area (Å²) in [4.78, 5) is 32.3. The molecule has 1 aliphatic rings. The molecule has 1 saturated heterocycles. The summed E-state index contributed by atoms with van der Waals surface area (Å²) in [7, 11) is 0. The maximum absolute atomic E-state index is 11.9. The molecule has 3 N–H and O–H groups in total. The standard InChI is InChI=1S/C10H13N5O2/c1-10(2)7(16)15(9(17)14-10)5-6-3-4-12-8(11)13-6/h3-4H,5H2,1-2H3,(H,14,17)(H2,11,12,13). The van der Waals surface area contributed by atoms with Gasteiger partial charge in [-0.25, -0.2) is 14.8 Å². The average molecular weight is 235 g/mol. The van der Waals surface area contributed by atoms with Crippen LogP contribution in [0.5, 0.6) is 0 Å². The van der Waals surface area contributed by atoms with Gasteiger partial charge in [0.2, 0.25) is 5.95 Å². The Bertz CT molecular complexity index is 485. The molecular formula is C10H13N5O2. The molecule has 90 valence electrons. The van der Waals surface area contributed by atoms with E-state index in [-0.39, 0.29) is 18.4 Å². The molecule has 0 saturated carbocycles. The molecule has 0 aliphatic carbocycles. The van der Waals surface area contributed by atoms with Crippen LogP contribution in [0.3, 0.4) is 0 Å². The quantitative estimate of drug-likeness (QED) is 0.696. The molecule has 0 atom stereocenters. The van der Waals surface area contributed by atoms with Crippen LogP contribution in [0.15, 0.2) is 12.3 Å². The van der Waals surface area contributed by atoms with Gasteiger partial charge >= 0.3 is 6.03 Å². The molecule has 3 amide bonds. The van der Waals surface area contributed by atoms with Crippen LogP contribution in [0, 0.1) is 0 Å². The third-order valence-electron chi connectivity index (χ3n) is 2.50. The van der Waals surface area contributed by atoms with Crippen LogP contribution in [0.2, 0.25) is 0 Å². The first kappa shape index (κ1) is 11.3. The molecule has 1 fully saturated rings. The summed E-state index contributed by atoms with van der Waals surface area (Å²) in [5.74, 6) is -0.159. The number of nitrogens with zero attached hydrogens (tertiary/aromatic N) is 3. The minimum absolute atomic E-state index is 0.0980. The predicted octanol–water partition coefficient (Wildman–Crippen LogP) is -0.111. The zero-order valence-electron chi connectivity index (χ0n) is 9.60. The van der Waals surface area contributed by atoms with Gasteiger partial charge in [0.1, 0.15) is 5.54 Å². The van der Waals surface area contributed by atoms with Crippen molar-refractivity contribution in [2.45, 2.75) is 25.9 Å². The third-order valence-corrected chi connectivity index (χ3v) is 2.50. The van der Waals surface area contributed by atoms with E-state index in [2.05, 4.69) is 15.3 Å². The Hall–Kier alpha value is -2.18. The topological polar surface area (TPSA) is 101 Å². The summed E-state index contributed by atoms with van der Waals surface area (Å²) in [5.41, 5.74) is 5.09. The van der Waals surface area contributed by atoms with E-state index in [9.17, 15) is 9.59 Å². The molecule has 0 radical (unpaired) electrons. The highest BCUT2D eigenvalue weighted by atomic mass is 16.2. The van der Waals surface area contributed by atoms with Gasteiger partial charge in [-0.1, -0.05) is 0 Å². The minimum Gasteiger partial charge on any atom is -0.368 e. The van der Waals surface area contributed by atoms with Crippen molar-refractivity contribution in [3.63, 3.8) is 0 Å². The molecule has 0 bridgehead atoms. The van der Waals surface area contributed by atoms with Gasteiger partial charge in [-0.3, -0.25) is 9.69 Å². The van der Waals surface area contributed by atoms with Gasteiger partial charge in [0.05, 0.1) is 12.2 Å². The molecule has 2 rings (SSSR count). The molecule has 17 heavy (non-hydrogen) atoms. The van der Waals surface area contributed by atoms with Gasteiger partial charge in [0.25, 0.3) is 5.91 Å². The van der Waals surface area contributed by atoms with Crippen molar-refractivity contribution in [3.05, 3.63) is 18.0 Å². The van der Waals surface area contributed by atoms with Gasteiger partial charge in [-0.2, -0.15) is 0 Å². The number of nitrogens with two attached hydrogens (primary N) is 1. The van der Waals surface area contributed by atoms with E-state index < -0.39 is 11.6 Å². The lowest BCUT2D eigenvalue weighted by atomic mass is 10.1. The van der Waals surface area contributed by atoms with E-state index in [0.717, 1.165) is 4.90 Å². The molecule has 1 aliphatic heterocycles. The Kier molecular flexibility index (Phi) is 2.45. The molecule has 7 nitrogen and oxygen atoms in total. The largest absolute Gasteiger partial charge is 0.368 e. The molecule has 1 aromatic rings. The number of anilines is 1. The number of imide groups is 1. The lowest BCUT2D eigenvalue weighted by molar-refractivity contribution is -0.130. The molecule has 0 unspecified atom stereocenters. The van der Waals surface area contributed by atoms with Gasteiger partial charge in [-0.15, -0.1) is 0 Å². The van der Waals surface area contributed by atoms with Crippen LogP contribution >= 0.6 is 0 Å². The number of hydrogen-bond donors (Lipinski definition) is 2. The van der Waals surface area contributed by atoms with Crippen LogP contribution in [-0.4, -0.2) is 32.3 Å². The number of nitrogens with one attached hydrogen (secondary N) is 1. The number of rotatable bonds is 2. The van der Waals surface area contributed by atoms with Crippen molar-refractivity contribution in [3.8, 4) is 0 Å². The first-order chi connectivity index (χ1) is 7.90. The summed E-state index contributed by atoms with van der Waals surface area (Å²) in [6.45, 7) is 3.41. The van der Waals surface area contributed by atoms with Crippen molar-refractivity contribution in [1.82, 2.24) is 20.2 Å². The maximum Gasteiger partial charge on any atom is 0.325 e. The fourth-order valence-electron chi connectivity index (χ4n) is 1.62. The monoisotopic (exact) mass is 235 g/mol. The van der Waals surface area contributed by atoms with E-state index in [1.807, 2.05) is 0 Å². The second-order valence-electron chi connectivity index (χ2n) is 4.35. The number of amides is 3. The van der Waals surface area contributed by atoms with Crippen molar-refractivity contribution in [2.24, 2.45) is 0 Å². The van der Waals surface area contributed by atoms with E-state index in [1.54, 1.807) is 19.9 Å². The number of urea groups is 1. The van der Waals surface area contributed by atoms with Gasteiger partial charge in [0, 0.05) is 6.20 Å². The SMILES string of the molecule is CC1(C)NC(=O)N(Cc2ccnc(N)n2)C1=O. The fourth-order valence-corrected chi connectivity index (χ4v) is 1.62. The summed E-state index contributed by atoms with van der Waals surface area (Å²) < 4.78 is 0. The van der Waals surface area contributed by atoms with Crippen LogP contribution in [0.25, 0.3) is 0 Å². The highest BCUT2D eigenvalue weighted by molar-refractivity contribution is 6.06. The third kappa shape index (κ3) is 2.03. The Morgan fingerprint density at radius 1 is 1.47 bits per heavy atom. The fraction of sp³-hybridized carbons (Fsp3) is 0.400. The lowest BCUT2D eigenvalue weighted by Gasteiger charge is -2.15. The van der Waals surface area contributed by atoms with Crippen molar-refractivity contribution in [1.29, 1.82) is 0 Å². The second kappa shape index (κ2) is 3.69. The highest BCUT2D eigenvalue weighted by Gasteiger charge is 2.44. The Labute approximate surface area is 98.0 Å². The predicted molar refractivity (Wildman–Crippen MR) is 59.6 cm³/mol. The number of carbonyl (C=O) groups excluding carboxylic acids is 2. The van der Waals surface area contributed by atoms with Crippen LogP contribution in [0.4, 0.5) is 10.7 Å². The number of carbonyl (C=O) groups is 2. The zero-order valence-corrected chi connectivity index (χ0v) is 9.60. The molecular weight excluding hydrogens is 222 g/mol. The Morgan fingerprint density at radius 3 is 2.71 bits per heavy atom. The van der Waals surface area contributed by atoms with E-state index >= 15 is 0 Å². The number of hydrogen-bond acceptors (Lipinski definition) is 5. The molecule has 0 spiro atoms. The Morgan fingerprint density at radius 2 is 2.18 bits per heavy atom. The normalized spacial score (nSPS) is 18.4. The summed E-state index contributed by atoms with van der Waals surface area (Å²) in [6.07, 6.45) is 1.49. The summed E-state index contributed by atoms with van der Waals surface area (Å²) >= 11 is 0. The first-order valence-electron chi connectivity index (χ1n) is 5.11. The van der Waals surface area contributed by atoms with Gasteiger partial charge < -0.3 is 11.1 Å². The van der Waals surface area contributed by atoms with E-state index in [0.29, 0.717) is 5.69 Å². The minimum atomic E-state index is -0.865. The number of aromatic nitrogens is 2. The number of nitrogen functional groups attached to an aromatic ring is 1. The van der Waals surface area contributed by atoms with Crippen molar-refractivity contribution < 1.29 is 9.59 Å². The maximum atomic E-state index is 11.9. The molecule has 1 aromatic heterocycles. The summed E-state index contributed by atoms with van der Waals surface area (Å²) in [5, 5.41) is 2.59.